The van der Waals surface area contributed by atoms with Crippen LogP contribution in [0.4, 0.5) is 5.69 Å². The number of thiazole rings is 1. The molecule has 0 aliphatic carbocycles. The average Bonchev–Trinajstić information content (AvgIpc) is 3.47. The number of carboxylic acid groups (broad SMARTS) is 1. The molecule has 0 aliphatic heterocycles. The van der Waals surface area contributed by atoms with Gasteiger partial charge in [-0.05, 0) is 78.9 Å². The van der Waals surface area contributed by atoms with Crippen molar-refractivity contribution in [3.63, 3.8) is 0 Å². The van der Waals surface area contributed by atoms with Crippen molar-refractivity contribution in [3.8, 4) is 27.4 Å². The Hall–Kier alpha value is -4.23. The number of carboxylic acids is 1. The normalized spacial score (nSPS) is 11.1. The van der Waals surface area contributed by atoms with E-state index in [-0.39, 0.29) is 12.5 Å². The Kier molecular flexibility index (Phi) is 10.2. The smallest absolute Gasteiger partial charge is 0.341 e. The highest BCUT2D eigenvalue weighted by Crippen LogP contribution is 2.35. The van der Waals surface area contributed by atoms with E-state index in [4.69, 9.17) is 9.84 Å². The zero-order chi connectivity index (χ0) is 28.3. The molecule has 3 aromatic carbocycles. The summed E-state index contributed by atoms with van der Waals surface area (Å²) in [5, 5.41) is 8.79. The zero-order valence-corrected chi connectivity index (χ0v) is 23.7. The lowest BCUT2D eigenvalue weighted by Crippen LogP contribution is -2.28. The maximum absolute atomic E-state index is 13.0. The standard InChI is InChI=1S/C33H34N2O4S/c1-3-5-6-7-24-10-17-28(18-11-24)35(4-2)30(36)21-12-25-8-13-27(14-9-25)33-32(34-23-40-33)26-15-19-29(20-16-26)39-22-31(37)38/h8-21,23H,3-7,22H2,1-2H3,(H,37,38). The van der Waals surface area contributed by atoms with E-state index in [2.05, 4.69) is 24.0 Å². The van der Waals surface area contributed by atoms with Gasteiger partial charge in [0, 0.05) is 23.9 Å². The van der Waals surface area contributed by atoms with E-state index in [9.17, 15) is 9.59 Å². The number of amides is 1. The molecule has 1 amide bonds. The lowest BCUT2D eigenvalue weighted by Gasteiger charge is -2.19. The Labute approximate surface area is 239 Å². The van der Waals surface area contributed by atoms with Crippen molar-refractivity contribution in [2.45, 2.75) is 39.5 Å². The molecular weight excluding hydrogens is 520 g/mol. The number of hydrogen-bond donors (Lipinski definition) is 1. The van der Waals surface area contributed by atoms with Crippen molar-refractivity contribution in [1.82, 2.24) is 4.98 Å². The first-order chi connectivity index (χ1) is 19.5. The quantitative estimate of drug-likeness (QED) is 0.135. The van der Waals surface area contributed by atoms with Crippen LogP contribution in [0.25, 0.3) is 27.8 Å². The number of rotatable bonds is 13. The summed E-state index contributed by atoms with van der Waals surface area (Å²) in [4.78, 5) is 31.1. The van der Waals surface area contributed by atoms with Gasteiger partial charge in [0.25, 0.3) is 5.91 Å². The van der Waals surface area contributed by atoms with Crippen molar-refractivity contribution >= 4 is 35.0 Å². The fourth-order valence-electron chi connectivity index (χ4n) is 4.40. The summed E-state index contributed by atoms with van der Waals surface area (Å²) >= 11 is 1.55. The molecule has 0 atom stereocenters. The topological polar surface area (TPSA) is 79.7 Å². The first-order valence-corrected chi connectivity index (χ1v) is 14.4. The average molecular weight is 555 g/mol. The Morgan fingerprint density at radius 2 is 1.62 bits per heavy atom. The highest BCUT2D eigenvalue weighted by atomic mass is 32.1. The Bertz CT molecular complexity index is 1420. The van der Waals surface area contributed by atoms with Crippen LogP contribution in [0.5, 0.6) is 5.75 Å². The lowest BCUT2D eigenvalue weighted by molar-refractivity contribution is -0.139. The number of carbonyl (C=O) groups is 2. The van der Waals surface area contributed by atoms with Crippen LogP contribution in [0, 0.1) is 0 Å². The summed E-state index contributed by atoms with van der Waals surface area (Å²) < 4.78 is 5.22. The number of aromatic nitrogens is 1. The second-order valence-corrected chi connectivity index (χ2v) is 10.3. The maximum Gasteiger partial charge on any atom is 0.341 e. The van der Waals surface area contributed by atoms with Crippen LogP contribution in [0.1, 0.15) is 44.2 Å². The third-order valence-corrected chi connectivity index (χ3v) is 7.42. The molecule has 0 radical (unpaired) electrons. The van der Waals surface area contributed by atoms with Gasteiger partial charge < -0.3 is 14.7 Å². The Morgan fingerprint density at radius 3 is 2.27 bits per heavy atom. The van der Waals surface area contributed by atoms with E-state index in [0.717, 1.165) is 39.4 Å². The van der Waals surface area contributed by atoms with Crippen LogP contribution < -0.4 is 9.64 Å². The number of anilines is 1. The summed E-state index contributed by atoms with van der Waals surface area (Å²) in [5.74, 6) is -0.570. The molecule has 1 aromatic heterocycles. The van der Waals surface area contributed by atoms with Gasteiger partial charge in [0.1, 0.15) is 5.75 Å². The van der Waals surface area contributed by atoms with Gasteiger partial charge in [-0.2, -0.15) is 0 Å². The molecule has 0 aliphatic rings. The van der Waals surface area contributed by atoms with E-state index in [1.807, 2.05) is 67.0 Å². The number of likely N-dealkylation sites (N-methyl/N-ethyl adjacent to an activating group) is 1. The fourth-order valence-corrected chi connectivity index (χ4v) is 5.22. The minimum Gasteiger partial charge on any atom is -0.482 e. The molecule has 206 valence electrons. The minimum atomic E-state index is -1.01. The molecule has 0 bridgehead atoms. The van der Waals surface area contributed by atoms with Crippen LogP contribution in [0.15, 0.2) is 84.4 Å². The molecule has 0 saturated heterocycles. The van der Waals surface area contributed by atoms with Crippen molar-refractivity contribution in [1.29, 1.82) is 0 Å². The predicted octanol–water partition coefficient (Wildman–Crippen LogP) is 7.74. The highest BCUT2D eigenvalue weighted by molar-refractivity contribution is 7.13. The number of ether oxygens (including phenoxy) is 1. The molecule has 40 heavy (non-hydrogen) atoms. The SMILES string of the molecule is CCCCCc1ccc(N(CC)C(=O)C=Cc2ccc(-c3scnc3-c3ccc(OCC(=O)O)cc3)cc2)cc1. The molecule has 0 spiro atoms. The largest absolute Gasteiger partial charge is 0.482 e. The third-order valence-electron chi connectivity index (χ3n) is 6.55. The summed E-state index contributed by atoms with van der Waals surface area (Å²) in [5.41, 5.74) is 7.76. The lowest BCUT2D eigenvalue weighted by atomic mass is 10.0. The highest BCUT2D eigenvalue weighted by Gasteiger charge is 2.13. The number of unbranched alkanes of at least 4 members (excludes halogenated alkanes) is 2. The van der Waals surface area contributed by atoms with Gasteiger partial charge in [-0.1, -0.05) is 56.2 Å². The van der Waals surface area contributed by atoms with Crippen LogP contribution >= 0.6 is 11.3 Å². The van der Waals surface area contributed by atoms with Crippen LogP contribution in [-0.2, 0) is 16.0 Å². The third kappa shape index (κ3) is 7.67. The maximum atomic E-state index is 13.0. The number of benzene rings is 3. The van der Waals surface area contributed by atoms with E-state index >= 15 is 0 Å². The number of aryl methyl sites for hydroxylation is 1. The molecule has 1 N–H and O–H groups in total. The second kappa shape index (κ2) is 14.2. The molecule has 7 heteroatoms. The predicted molar refractivity (Wildman–Crippen MR) is 163 cm³/mol. The molecule has 4 aromatic rings. The van der Waals surface area contributed by atoms with Gasteiger partial charge in [-0.3, -0.25) is 4.79 Å². The molecule has 0 fully saturated rings. The Balaban J connectivity index is 1.41. The summed E-state index contributed by atoms with van der Waals surface area (Å²) in [6, 6.07) is 23.6. The molecule has 4 rings (SSSR count). The van der Waals surface area contributed by atoms with Gasteiger partial charge >= 0.3 is 5.97 Å². The van der Waals surface area contributed by atoms with E-state index < -0.39 is 5.97 Å². The van der Waals surface area contributed by atoms with Crippen LogP contribution in [0.3, 0.4) is 0 Å². The number of nitrogens with zero attached hydrogens (tertiary/aromatic N) is 2. The van der Waals surface area contributed by atoms with Crippen molar-refractivity contribution in [2.75, 3.05) is 18.1 Å². The monoisotopic (exact) mass is 554 g/mol. The van der Waals surface area contributed by atoms with Crippen molar-refractivity contribution in [3.05, 3.63) is 95.5 Å². The Morgan fingerprint density at radius 1 is 0.925 bits per heavy atom. The van der Waals surface area contributed by atoms with Gasteiger partial charge in [-0.25, -0.2) is 9.78 Å². The number of hydrogen-bond acceptors (Lipinski definition) is 5. The van der Waals surface area contributed by atoms with Gasteiger partial charge in [0.2, 0.25) is 0 Å². The number of carbonyl (C=O) groups excluding carboxylic acids is 1. The fraction of sp³-hybridized carbons (Fsp3) is 0.242. The zero-order valence-electron chi connectivity index (χ0n) is 22.9. The van der Waals surface area contributed by atoms with E-state index in [1.165, 1.54) is 24.8 Å². The molecular formula is C33H34N2O4S. The van der Waals surface area contributed by atoms with E-state index in [0.29, 0.717) is 12.3 Å². The molecule has 1 heterocycles. The first-order valence-electron chi connectivity index (χ1n) is 13.6. The van der Waals surface area contributed by atoms with Crippen LogP contribution in [-0.4, -0.2) is 35.1 Å². The van der Waals surface area contributed by atoms with Gasteiger partial charge in [0.15, 0.2) is 6.61 Å². The van der Waals surface area contributed by atoms with Crippen molar-refractivity contribution in [2.24, 2.45) is 0 Å². The molecule has 6 nitrogen and oxygen atoms in total. The van der Waals surface area contributed by atoms with Gasteiger partial charge in [-0.15, -0.1) is 11.3 Å². The summed E-state index contributed by atoms with van der Waals surface area (Å²) in [6.07, 6.45) is 8.18. The van der Waals surface area contributed by atoms with E-state index in [1.54, 1.807) is 34.4 Å². The molecule has 0 saturated carbocycles. The second-order valence-electron chi connectivity index (χ2n) is 9.40. The minimum absolute atomic E-state index is 0.0502. The number of aliphatic carboxylic acids is 1. The van der Waals surface area contributed by atoms with Crippen LogP contribution in [0.2, 0.25) is 0 Å². The molecule has 0 unspecified atom stereocenters. The summed E-state index contributed by atoms with van der Waals surface area (Å²) in [6.45, 7) is 4.41. The van der Waals surface area contributed by atoms with Crippen molar-refractivity contribution < 1.29 is 19.4 Å². The first kappa shape index (κ1) is 28.8. The van der Waals surface area contributed by atoms with Gasteiger partial charge in [0.05, 0.1) is 16.1 Å². The summed E-state index contributed by atoms with van der Waals surface area (Å²) in [7, 11) is 0.